The zero-order valence-electron chi connectivity index (χ0n) is 10.3. The molecule has 96 valence electrons. The summed E-state index contributed by atoms with van der Waals surface area (Å²) in [6, 6.07) is 4.61. The van der Waals surface area contributed by atoms with Crippen LogP contribution in [0.5, 0.6) is 0 Å². The second kappa shape index (κ2) is 6.78. The quantitative estimate of drug-likeness (QED) is 0.891. The zero-order chi connectivity index (χ0) is 12.1. The Hall–Kier alpha value is -0.0300. The number of ether oxygens (including phenoxy) is 1. The van der Waals surface area contributed by atoms with Crippen LogP contribution in [0, 0.1) is 0 Å². The molecule has 0 radical (unpaired) electrons. The van der Waals surface area contributed by atoms with Crippen molar-refractivity contribution in [1.82, 2.24) is 0 Å². The van der Waals surface area contributed by atoms with Gasteiger partial charge in [0.2, 0.25) is 0 Å². The van der Waals surface area contributed by atoms with E-state index in [4.69, 9.17) is 10.5 Å². The second-order valence-corrected chi connectivity index (χ2v) is 6.88. The molecule has 2 unspecified atom stereocenters. The number of thiophene rings is 1. The lowest BCUT2D eigenvalue weighted by Gasteiger charge is -2.28. The van der Waals surface area contributed by atoms with E-state index < -0.39 is 0 Å². The Morgan fingerprint density at radius 2 is 2.29 bits per heavy atom. The summed E-state index contributed by atoms with van der Waals surface area (Å²) in [7, 11) is 0. The van der Waals surface area contributed by atoms with Gasteiger partial charge in [-0.3, -0.25) is 0 Å². The molecule has 1 aromatic rings. The molecule has 2 nitrogen and oxygen atoms in total. The van der Waals surface area contributed by atoms with Crippen LogP contribution >= 0.6 is 23.1 Å². The molecule has 0 aliphatic carbocycles. The standard InChI is InChI=1S/C13H21NOS2/c1-2-11(14)13(12-4-3-9-16-12)17-10-5-7-15-8-6-10/h3-4,9-11,13H,2,5-8,14H2,1H3. The van der Waals surface area contributed by atoms with Gasteiger partial charge in [0.05, 0.1) is 5.25 Å². The van der Waals surface area contributed by atoms with Gasteiger partial charge in [-0.1, -0.05) is 13.0 Å². The van der Waals surface area contributed by atoms with Crippen molar-refractivity contribution >= 4 is 23.1 Å². The van der Waals surface area contributed by atoms with E-state index in [9.17, 15) is 0 Å². The van der Waals surface area contributed by atoms with Crippen molar-refractivity contribution in [3.05, 3.63) is 22.4 Å². The second-order valence-electron chi connectivity index (χ2n) is 4.46. The molecule has 4 heteroatoms. The number of hydrogen-bond donors (Lipinski definition) is 1. The van der Waals surface area contributed by atoms with E-state index in [-0.39, 0.29) is 6.04 Å². The number of hydrogen-bond acceptors (Lipinski definition) is 4. The van der Waals surface area contributed by atoms with Gasteiger partial charge < -0.3 is 10.5 Å². The molecule has 0 bridgehead atoms. The largest absolute Gasteiger partial charge is 0.381 e. The first-order chi connectivity index (χ1) is 8.31. The van der Waals surface area contributed by atoms with Crippen molar-refractivity contribution in [1.29, 1.82) is 0 Å². The lowest BCUT2D eigenvalue weighted by atomic mass is 10.1. The maximum absolute atomic E-state index is 6.28. The summed E-state index contributed by atoms with van der Waals surface area (Å²) in [6.45, 7) is 4.00. The van der Waals surface area contributed by atoms with E-state index in [0.29, 0.717) is 10.5 Å². The first-order valence-corrected chi connectivity index (χ1v) is 8.15. The molecule has 1 saturated heterocycles. The van der Waals surface area contributed by atoms with Gasteiger partial charge in [0.15, 0.2) is 0 Å². The molecule has 0 aromatic carbocycles. The van der Waals surface area contributed by atoms with Crippen molar-refractivity contribution in [3.63, 3.8) is 0 Å². The molecule has 2 atom stereocenters. The summed E-state index contributed by atoms with van der Waals surface area (Å²) in [4.78, 5) is 1.43. The van der Waals surface area contributed by atoms with Crippen LogP contribution in [0.4, 0.5) is 0 Å². The van der Waals surface area contributed by atoms with E-state index >= 15 is 0 Å². The van der Waals surface area contributed by atoms with Crippen LogP contribution in [0.2, 0.25) is 0 Å². The summed E-state index contributed by atoms with van der Waals surface area (Å²) < 4.78 is 5.42. The summed E-state index contributed by atoms with van der Waals surface area (Å²) in [5.74, 6) is 0. The van der Waals surface area contributed by atoms with Crippen LogP contribution < -0.4 is 5.73 Å². The van der Waals surface area contributed by atoms with Crippen molar-refractivity contribution in [2.24, 2.45) is 5.73 Å². The molecule has 17 heavy (non-hydrogen) atoms. The predicted octanol–water partition coefficient (Wildman–Crippen LogP) is 3.44. The Morgan fingerprint density at radius 1 is 1.53 bits per heavy atom. The number of rotatable bonds is 5. The summed E-state index contributed by atoms with van der Waals surface area (Å²) >= 11 is 3.89. The summed E-state index contributed by atoms with van der Waals surface area (Å²) in [6.07, 6.45) is 3.38. The minimum absolute atomic E-state index is 0.265. The normalized spacial score (nSPS) is 21.3. The Kier molecular flexibility index (Phi) is 5.35. The van der Waals surface area contributed by atoms with Crippen LogP contribution in [0.3, 0.4) is 0 Å². The van der Waals surface area contributed by atoms with Crippen molar-refractivity contribution in [2.75, 3.05) is 13.2 Å². The molecule has 1 fully saturated rings. The molecular weight excluding hydrogens is 250 g/mol. The maximum atomic E-state index is 6.28. The Morgan fingerprint density at radius 3 is 2.88 bits per heavy atom. The third-order valence-corrected chi connectivity index (χ3v) is 6.05. The van der Waals surface area contributed by atoms with Crippen LogP contribution in [0.15, 0.2) is 17.5 Å². The highest BCUT2D eigenvalue weighted by molar-refractivity contribution is 8.00. The minimum atomic E-state index is 0.265. The van der Waals surface area contributed by atoms with Gasteiger partial charge in [-0.2, -0.15) is 0 Å². The Balaban J connectivity index is 2.00. The van der Waals surface area contributed by atoms with E-state index in [1.54, 1.807) is 0 Å². The first kappa shape index (κ1) is 13.4. The van der Waals surface area contributed by atoms with Gasteiger partial charge in [-0.25, -0.2) is 0 Å². The van der Waals surface area contributed by atoms with Gasteiger partial charge in [-0.15, -0.1) is 23.1 Å². The first-order valence-electron chi connectivity index (χ1n) is 6.33. The van der Waals surface area contributed by atoms with Crippen molar-refractivity contribution in [2.45, 2.75) is 42.7 Å². The number of thioether (sulfide) groups is 1. The monoisotopic (exact) mass is 271 g/mol. The molecule has 1 aromatic heterocycles. The van der Waals surface area contributed by atoms with Gasteiger partial charge in [0, 0.05) is 29.4 Å². The fourth-order valence-electron chi connectivity index (χ4n) is 2.07. The van der Waals surface area contributed by atoms with Crippen LogP contribution in [0.25, 0.3) is 0 Å². The SMILES string of the molecule is CCC(N)C(SC1CCOCC1)c1cccs1. The summed E-state index contributed by atoms with van der Waals surface area (Å²) in [5.41, 5.74) is 6.28. The molecule has 2 rings (SSSR count). The Labute approximate surface area is 112 Å². The average molecular weight is 271 g/mol. The van der Waals surface area contributed by atoms with Gasteiger partial charge >= 0.3 is 0 Å². The van der Waals surface area contributed by atoms with E-state index in [1.807, 2.05) is 11.3 Å². The molecule has 0 amide bonds. The molecule has 1 aliphatic heterocycles. The maximum Gasteiger partial charge on any atom is 0.0544 e. The van der Waals surface area contributed by atoms with E-state index in [1.165, 1.54) is 17.7 Å². The molecule has 1 aliphatic rings. The fourth-order valence-corrected chi connectivity index (χ4v) is 4.67. The van der Waals surface area contributed by atoms with Crippen LogP contribution in [0.1, 0.15) is 36.3 Å². The highest BCUT2D eigenvalue weighted by Crippen LogP contribution is 2.40. The van der Waals surface area contributed by atoms with Crippen molar-refractivity contribution in [3.8, 4) is 0 Å². The predicted molar refractivity (Wildman–Crippen MR) is 76.8 cm³/mol. The molecule has 0 saturated carbocycles. The number of nitrogens with two attached hydrogens (primary N) is 1. The summed E-state index contributed by atoms with van der Waals surface area (Å²) in [5, 5.41) is 3.33. The lowest BCUT2D eigenvalue weighted by molar-refractivity contribution is 0.0999. The molecule has 2 heterocycles. The van der Waals surface area contributed by atoms with Gasteiger partial charge in [0.25, 0.3) is 0 Å². The topological polar surface area (TPSA) is 35.2 Å². The Bertz CT molecular complexity index is 309. The smallest absolute Gasteiger partial charge is 0.0544 e. The minimum Gasteiger partial charge on any atom is -0.381 e. The lowest BCUT2D eigenvalue weighted by Crippen LogP contribution is -2.28. The van der Waals surface area contributed by atoms with Gasteiger partial charge in [-0.05, 0) is 30.7 Å². The van der Waals surface area contributed by atoms with Gasteiger partial charge in [0.1, 0.15) is 0 Å². The van der Waals surface area contributed by atoms with Crippen LogP contribution in [-0.4, -0.2) is 24.5 Å². The molecule has 2 N–H and O–H groups in total. The highest BCUT2D eigenvalue weighted by atomic mass is 32.2. The molecule has 0 spiro atoms. The van der Waals surface area contributed by atoms with Crippen molar-refractivity contribution < 1.29 is 4.74 Å². The third-order valence-electron chi connectivity index (χ3n) is 3.19. The highest BCUT2D eigenvalue weighted by Gasteiger charge is 2.25. The fraction of sp³-hybridized carbons (Fsp3) is 0.692. The third kappa shape index (κ3) is 3.71. The van der Waals surface area contributed by atoms with E-state index in [0.717, 1.165) is 19.6 Å². The zero-order valence-corrected chi connectivity index (χ0v) is 11.9. The average Bonchev–Trinajstić information content (AvgIpc) is 2.90. The van der Waals surface area contributed by atoms with E-state index in [2.05, 4.69) is 36.2 Å². The van der Waals surface area contributed by atoms with Crippen LogP contribution in [-0.2, 0) is 4.74 Å². The molecular formula is C13H21NOS2.